The molecule has 0 saturated carbocycles. The Balaban J connectivity index is 2.47. The number of rotatable bonds is 7. The maximum Gasteiger partial charge on any atom is 0.307 e. The van der Waals surface area contributed by atoms with Gasteiger partial charge in [0, 0.05) is 13.1 Å². The molecule has 0 fully saturated rings. The Bertz CT molecular complexity index is 437. The summed E-state index contributed by atoms with van der Waals surface area (Å²) >= 11 is 3.13. The Hall–Kier alpha value is -0.940. The predicted octanol–water partition coefficient (Wildman–Crippen LogP) is 3.42. The molecule has 1 aromatic carbocycles. The topological polar surface area (TPSA) is 49.3 Å². The van der Waals surface area contributed by atoms with Crippen molar-refractivity contribution in [2.75, 3.05) is 6.54 Å². The van der Waals surface area contributed by atoms with E-state index in [4.69, 9.17) is 5.11 Å². The summed E-state index contributed by atoms with van der Waals surface area (Å²) < 4.78 is 13.5. The van der Waals surface area contributed by atoms with Crippen molar-refractivity contribution in [3.63, 3.8) is 0 Å². The van der Waals surface area contributed by atoms with Crippen LogP contribution in [0.4, 0.5) is 4.39 Å². The van der Waals surface area contributed by atoms with Crippen LogP contribution in [0.1, 0.15) is 25.8 Å². The molecule has 1 aromatic rings. The van der Waals surface area contributed by atoms with Crippen LogP contribution in [0.25, 0.3) is 0 Å². The van der Waals surface area contributed by atoms with Gasteiger partial charge in [-0.1, -0.05) is 19.9 Å². The van der Waals surface area contributed by atoms with Gasteiger partial charge in [0.05, 0.1) is 10.4 Å². The number of aliphatic carboxylic acids is 1. The third-order valence-corrected chi connectivity index (χ3v) is 3.42. The van der Waals surface area contributed by atoms with Gasteiger partial charge in [0.1, 0.15) is 5.82 Å². The number of carboxylic acid groups (broad SMARTS) is 1. The van der Waals surface area contributed by atoms with E-state index in [-0.39, 0.29) is 11.7 Å². The summed E-state index contributed by atoms with van der Waals surface area (Å²) in [6.07, 6.45) is 0.648. The van der Waals surface area contributed by atoms with E-state index in [0.717, 1.165) is 5.56 Å². The van der Waals surface area contributed by atoms with E-state index in [1.807, 2.05) is 13.8 Å². The summed E-state index contributed by atoms with van der Waals surface area (Å²) in [5.74, 6) is -1.11. The summed E-state index contributed by atoms with van der Waals surface area (Å²) in [6.45, 7) is 4.96. The van der Waals surface area contributed by atoms with Crippen molar-refractivity contribution in [1.82, 2.24) is 5.32 Å². The van der Waals surface area contributed by atoms with Gasteiger partial charge in [-0.15, -0.1) is 0 Å². The number of hydrogen-bond acceptors (Lipinski definition) is 2. The highest BCUT2D eigenvalue weighted by Gasteiger charge is 2.18. The highest BCUT2D eigenvalue weighted by molar-refractivity contribution is 9.10. The number of halogens is 2. The Morgan fingerprint density at radius 2 is 2.16 bits per heavy atom. The molecular formula is C14H19BrFNO2. The highest BCUT2D eigenvalue weighted by atomic mass is 79.9. The van der Waals surface area contributed by atoms with Crippen LogP contribution in [0.2, 0.25) is 0 Å². The molecule has 0 radical (unpaired) electrons. The first-order valence-corrected chi connectivity index (χ1v) is 7.07. The number of hydrogen-bond donors (Lipinski definition) is 2. The minimum atomic E-state index is -0.776. The number of carboxylic acids is 1. The predicted molar refractivity (Wildman–Crippen MR) is 76.4 cm³/mol. The van der Waals surface area contributed by atoms with Gasteiger partial charge in [-0.3, -0.25) is 4.79 Å². The van der Waals surface area contributed by atoms with Gasteiger partial charge in [-0.05, 0) is 46.0 Å². The van der Waals surface area contributed by atoms with Crippen LogP contribution >= 0.6 is 15.9 Å². The van der Waals surface area contributed by atoms with Gasteiger partial charge < -0.3 is 10.4 Å². The first-order chi connectivity index (χ1) is 8.90. The van der Waals surface area contributed by atoms with Gasteiger partial charge in [-0.25, -0.2) is 4.39 Å². The van der Waals surface area contributed by atoms with Crippen LogP contribution in [0.3, 0.4) is 0 Å². The van der Waals surface area contributed by atoms with E-state index in [0.29, 0.717) is 29.9 Å². The van der Waals surface area contributed by atoms with Crippen LogP contribution in [-0.4, -0.2) is 17.6 Å². The van der Waals surface area contributed by atoms with Crippen molar-refractivity contribution in [3.05, 3.63) is 34.1 Å². The molecule has 3 nitrogen and oxygen atoms in total. The monoisotopic (exact) mass is 331 g/mol. The maximum absolute atomic E-state index is 13.1. The van der Waals surface area contributed by atoms with Crippen molar-refractivity contribution in [1.29, 1.82) is 0 Å². The van der Waals surface area contributed by atoms with E-state index < -0.39 is 5.97 Å². The molecule has 106 valence electrons. The summed E-state index contributed by atoms with van der Waals surface area (Å²) in [4.78, 5) is 11.1. The number of nitrogens with one attached hydrogen (secondary N) is 1. The number of benzene rings is 1. The van der Waals surface area contributed by atoms with E-state index in [2.05, 4.69) is 21.2 Å². The van der Waals surface area contributed by atoms with Crippen molar-refractivity contribution in [2.24, 2.45) is 11.8 Å². The second-order valence-electron chi connectivity index (χ2n) is 5.04. The third-order valence-electron chi connectivity index (χ3n) is 2.81. The molecule has 2 N–H and O–H groups in total. The molecule has 0 heterocycles. The second kappa shape index (κ2) is 7.60. The summed E-state index contributed by atoms with van der Waals surface area (Å²) in [5.41, 5.74) is 0.918. The maximum atomic E-state index is 13.1. The molecule has 0 aromatic heterocycles. The molecule has 0 saturated heterocycles. The van der Waals surface area contributed by atoms with E-state index in [1.165, 1.54) is 6.07 Å². The van der Waals surface area contributed by atoms with Gasteiger partial charge in [0.2, 0.25) is 0 Å². The average molecular weight is 332 g/mol. The molecule has 1 rings (SSSR count). The van der Waals surface area contributed by atoms with Crippen LogP contribution in [0.5, 0.6) is 0 Å². The quantitative estimate of drug-likeness (QED) is 0.804. The molecule has 0 spiro atoms. The van der Waals surface area contributed by atoms with Gasteiger partial charge in [0.15, 0.2) is 0 Å². The first kappa shape index (κ1) is 16.1. The lowest BCUT2D eigenvalue weighted by molar-refractivity contribution is -0.142. The van der Waals surface area contributed by atoms with Crippen molar-refractivity contribution >= 4 is 21.9 Å². The third kappa shape index (κ3) is 5.70. The van der Waals surface area contributed by atoms with Crippen molar-refractivity contribution in [2.45, 2.75) is 26.8 Å². The molecule has 5 heteroatoms. The van der Waals surface area contributed by atoms with Gasteiger partial charge >= 0.3 is 5.97 Å². The Morgan fingerprint density at radius 3 is 2.68 bits per heavy atom. The van der Waals surface area contributed by atoms with Crippen LogP contribution < -0.4 is 5.32 Å². The largest absolute Gasteiger partial charge is 0.481 e. The van der Waals surface area contributed by atoms with Gasteiger partial charge in [-0.2, -0.15) is 0 Å². The molecule has 1 atom stereocenters. The van der Waals surface area contributed by atoms with Crippen molar-refractivity contribution in [3.8, 4) is 0 Å². The SMILES string of the molecule is CC(C)CC(CNCc1ccc(F)c(Br)c1)C(=O)O. The second-order valence-corrected chi connectivity index (χ2v) is 5.90. The van der Waals surface area contributed by atoms with Crippen LogP contribution in [-0.2, 0) is 11.3 Å². The molecule has 0 aliphatic rings. The highest BCUT2D eigenvalue weighted by Crippen LogP contribution is 2.17. The summed E-state index contributed by atoms with van der Waals surface area (Å²) in [6, 6.07) is 4.77. The van der Waals surface area contributed by atoms with Crippen molar-refractivity contribution < 1.29 is 14.3 Å². The van der Waals surface area contributed by atoms with E-state index in [1.54, 1.807) is 12.1 Å². The van der Waals surface area contributed by atoms with Gasteiger partial charge in [0.25, 0.3) is 0 Å². The Morgan fingerprint density at radius 1 is 1.47 bits per heavy atom. The smallest absolute Gasteiger partial charge is 0.307 e. The lowest BCUT2D eigenvalue weighted by Crippen LogP contribution is -2.29. The molecule has 0 amide bonds. The summed E-state index contributed by atoms with van der Waals surface area (Å²) in [7, 11) is 0. The lowest BCUT2D eigenvalue weighted by atomic mass is 9.97. The first-order valence-electron chi connectivity index (χ1n) is 6.27. The standard InChI is InChI=1S/C14H19BrFNO2/c1-9(2)5-11(14(18)19)8-17-7-10-3-4-13(16)12(15)6-10/h3-4,6,9,11,17H,5,7-8H2,1-2H3,(H,18,19). The molecular weight excluding hydrogens is 313 g/mol. The van der Waals surface area contributed by atoms with E-state index in [9.17, 15) is 9.18 Å². The van der Waals surface area contributed by atoms with Crippen LogP contribution in [0, 0.1) is 17.7 Å². The molecule has 1 unspecified atom stereocenters. The average Bonchev–Trinajstić information content (AvgIpc) is 2.31. The zero-order valence-electron chi connectivity index (χ0n) is 11.1. The minimum absolute atomic E-state index is 0.299. The number of carbonyl (C=O) groups is 1. The fourth-order valence-corrected chi connectivity index (χ4v) is 2.31. The molecule has 0 bridgehead atoms. The molecule has 19 heavy (non-hydrogen) atoms. The summed E-state index contributed by atoms with van der Waals surface area (Å²) in [5, 5.41) is 12.2. The fourth-order valence-electron chi connectivity index (χ4n) is 1.88. The minimum Gasteiger partial charge on any atom is -0.481 e. The zero-order valence-corrected chi connectivity index (χ0v) is 12.7. The lowest BCUT2D eigenvalue weighted by Gasteiger charge is -2.15. The molecule has 0 aliphatic carbocycles. The Kier molecular flexibility index (Phi) is 6.45. The fraction of sp³-hybridized carbons (Fsp3) is 0.500. The normalized spacial score (nSPS) is 12.7. The van der Waals surface area contributed by atoms with Crippen LogP contribution in [0.15, 0.2) is 22.7 Å². The van der Waals surface area contributed by atoms with E-state index >= 15 is 0 Å². The molecule has 0 aliphatic heterocycles. The zero-order chi connectivity index (χ0) is 14.4. The Labute approximate surface area is 121 Å².